The molecule has 0 saturated carbocycles. The molecule has 0 aliphatic rings. The van der Waals surface area contributed by atoms with Gasteiger partial charge in [-0.15, -0.1) is 13.2 Å². The summed E-state index contributed by atoms with van der Waals surface area (Å²) in [6, 6.07) is 5.48. The summed E-state index contributed by atoms with van der Waals surface area (Å²) in [5.74, 6) is -0.339. The Bertz CT molecular complexity index is 503. The van der Waals surface area contributed by atoms with Crippen molar-refractivity contribution in [2.45, 2.75) is 39.6 Å². The summed E-state index contributed by atoms with van der Waals surface area (Å²) in [5.41, 5.74) is 5.90. The van der Waals surface area contributed by atoms with Gasteiger partial charge in [0.15, 0.2) is 0 Å². The van der Waals surface area contributed by atoms with Crippen LogP contribution in [0.25, 0.3) is 0 Å². The molecule has 0 spiro atoms. The number of amides is 1. The van der Waals surface area contributed by atoms with Crippen molar-refractivity contribution < 1.29 is 22.7 Å². The van der Waals surface area contributed by atoms with Crippen LogP contribution in [-0.4, -0.2) is 30.8 Å². The Morgan fingerprint density at radius 2 is 1.70 bits per heavy atom. The summed E-state index contributed by atoms with van der Waals surface area (Å²) < 4.78 is 40.2. The number of alkyl halides is 3. The smallest absolute Gasteiger partial charge is 0.406 e. The normalized spacial score (nSPS) is 12.1. The van der Waals surface area contributed by atoms with Crippen molar-refractivity contribution in [3.8, 4) is 5.75 Å². The molecule has 0 aliphatic heterocycles. The standard InChI is InChI=1S/C16H23F3N2O2/c1-4-15(5-2,11-20)14(22)21(3)10-12-6-8-13(9-7-12)23-16(17,18)19/h6-9H,4-5,10-11,20H2,1-3H3. The zero-order valence-electron chi connectivity index (χ0n) is 13.6. The molecule has 0 radical (unpaired) electrons. The van der Waals surface area contributed by atoms with Gasteiger partial charge in [-0.2, -0.15) is 0 Å². The van der Waals surface area contributed by atoms with E-state index < -0.39 is 11.8 Å². The van der Waals surface area contributed by atoms with Crippen LogP contribution in [0.15, 0.2) is 24.3 Å². The molecule has 4 nitrogen and oxygen atoms in total. The first-order chi connectivity index (χ1) is 10.7. The maximum Gasteiger partial charge on any atom is 0.573 e. The van der Waals surface area contributed by atoms with Gasteiger partial charge in [-0.1, -0.05) is 26.0 Å². The molecule has 0 bridgehead atoms. The molecule has 0 atom stereocenters. The number of benzene rings is 1. The first-order valence-corrected chi connectivity index (χ1v) is 7.47. The number of carbonyl (C=O) groups is 1. The third kappa shape index (κ3) is 5.13. The van der Waals surface area contributed by atoms with E-state index in [1.54, 1.807) is 11.9 Å². The summed E-state index contributed by atoms with van der Waals surface area (Å²) >= 11 is 0. The van der Waals surface area contributed by atoms with Gasteiger partial charge in [0, 0.05) is 20.1 Å². The minimum atomic E-state index is -4.71. The van der Waals surface area contributed by atoms with Gasteiger partial charge in [-0.05, 0) is 30.5 Å². The average molecular weight is 332 g/mol. The van der Waals surface area contributed by atoms with Crippen LogP contribution >= 0.6 is 0 Å². The Kier molecular flexibility index (Phi) is 6.44. The van der Waals surface area contributed by atoms with Gasteiger partial charge in [0.1, 0.15) is 5.75 Å². The number of rotatable bonds is 7. The average Bonchev–Trinajstić information content (AvgIpc) is 2.50. The highest BCUT2D eigenvalue weighted by molar-refractivity contribution is 5.82. The van der Waals surface area contributed by atoms with Crippen LogP contribution in [0.5, 0.6) is 5.75 Å². The number of nitrogens with two attached hydrogens (primary N) is 1. The number of ether oxygens (including phenoxy) is 1. The molecule has 2 N–H and O–H groups in total. The van der Waals surface area contributed by atoms with Crippen LogP contribution in [0.2, 0.25) is 0 Å². The predicted molar refractivity (Wildman–Crippen MR) is 81.7 cm³/mol. The minimum Gasteiger partial charge on any atom is -0.406 e. The third-order valence-electron chi connectivity index (χ3n) is 4.12. The van der Waals surface area contributed by atoms with Gasteiger partial charge >= 0.3 is 6.36 Å². The topological polar surface area (TPSA) is 55.6 Å². The van der Waals surface area contributed by atoms with Crippen LogP contribution in [0.1, 0.15) is 32.3 Å². The molecular weight excluding hydrogens is 309 g/mol. The van der Waals surface area contributed by atoms with E-state index >= 15 is 0 Å². The first kappa shape index (κ1) is 19.3. The molecule has 0 heterocycles. The Balaban J connectivity index is 2.77. The van der Waals surface area contributed by atoms with Crippen LogP contribution in [-0.2, 0) is 11.3 Å². The fraction of sp³-hybridized carbons (Fsp3) is 0.562. The van der Waals surface area contributed by atoms with E-state index in [4.69, 9.17) is 5.73 Å². The van der Waals surface area contributed by atoms with E-state index in [1.807, 2.05) is 13.8 Å². The Labute approximate surface area is 134 Å². The summed E-state index contributed by atoms with van der Waals surface area (Å²) in [7, 11) is 1.66. The van der Waals surface area contributed by atoms with Gasteiger partial charge in [0.05, 0.1) is 5.41 Å². The van der Waals surface area contributed by atoms with Crippen molar-refractivity contribution in [1.29, 1.82) is 0 Å². The van der Waals surface area contributed by atoms with Gasteiger partial charge in [0.25, 0.3) is 0 Å². The highest BCUT2D eigenvalue weighted by Gasteiger charge is 2.35. The highest BCUT2D eigenvalue weighted by Crippen LogP contribution is 2.28. The molecule has 0 unspecified atom stereocenters. The molecule has 0 saturated heterocycles. The zero-order chi connectivity index (χ0) is 17.7. The van der Waals surface area contributed by atoms with E-state index in [9.17, 15) is 18.0 Å². The van der Waals surface area contributed by atoms with Crippen LogP contribution < -0.4 is 10.5 Å². The van der Waals surface area contributed by atoms with Crippen LogP contribution in [0.3, 0.4) is 0 Å². The monoisotopic (exact) mass is 332 g/mol. The highest BCUT2D eigenvalue weighted by atomic mass is 19.4. The fourth-order valence-electron chi connectivity index (χ4n) is 2.48. The minimum absolute atomic E-state index is 0.0550. The summed E-state index contributed by atoms with van der Waals surface area (Å²) in [5, 5.41) is 0. The van der Waals surface area contributed by atoms with Gasteiger partial charge in [-0.25, -0.2) is 0 Å². The lowest BCUT2D eigenvalue weighted by Crippen LogP contribution is -2.45. The van der Waals surface area contributed by atoms with Crippen molar-refractivity contribution in [2.24, 2.45) is 11.1 Å². The van der Waals surface area contributed by atoms with Gasteiger partial charge in [0.2, 0.25) is 5.91 Å². The van der Waals surface area contributed by atoms with E-state index in [1.165, 1.54) is 24.3 Å². The SMILES string of the molecule is CCC(CC)(CN)C(=O)N(C)Cc1ccc(OC(F)(F)F)cc1. The molecular formula is C16H23F3N2O2. The maximum atomic E-state index is 12.6. The molecule has 0 aromatic heterocycles. The number of nitrogens with zero attached hydrogens (tertiary/aromatic N) is 1. The maximum absolute atomic E-state index is 12.6. The summed E-state index contributed by atoms with van der Waals surface area (Å²) in [4.78, 5) is 14.1. The quantitative estimate of drug-likeness (QED) is 0.833. The molecule has 1 rings (SSSR count). The lowest BCUT2D eigenvalue weighted by molar-refractivity contribution is -0.274. The second-order valence-electron chi connectivity index (χ2n) is 5.54. The second-order valence-corrected chi connectivity index (χ2v) is 5.54. The lowest BCUT2D eigenvalue weighted by Gasteiger charge is -2.33. The van der Waals surface area contributed by atoms with E-state index in [0.29, 0.717) is 24.9 Å². The Morgan fingerprint density at radius 3 is 2.09 bits per heavy atom. The predicted octanol–water partition coefficient (Wildman–Crippen LogP) is 3.31. The third-order valence-corrected chi connectivity index (χ3v) is 4.12. The Morgan fingerprint density at radius 1 is 1.17 bits per heavy atom. The zero-order valence-corrected chi connectivity index (χ0v) is 13.6. The van der Waals surface area contributed by atoms with E-state index in [0.717, 1.165) is 0 Å². The molecule has 7 heteroatoms. The van der Waals surface area contributed by atoms with Crippen LogP contribution in [0.4, 0.5) is 13.2 Å². The molecule has 0 fully saturated rings. The van der Waals surface area contributed by atoms with Gasteiger partial charge in [-0.3, -0.25) is 4.79 Å². The number of halogens is 3. The van der Waals surface area contributed by atoms with Crippen molar-refractivity contribution in [2.75, 3.05) is 13.6 Å². The largest absolute Gasteiger partial charge is 0.573 e. The van der Waals surface area contributed by atoms with Crippen molar-refractivity contribution in [1.82, 2.24) is 4.90 Å². The molecule has 130 valence electrons. The molecule has 1 aromatic carbocycles. The molecule has 1 aromatic rings. The number of carbonyl (C=O) groups excluding carboxylic acids is 1. The molecule has 1 amide bonds. The number of hydrogen-bond acceptors (Lipinski definition) is 3. The summed E-state index contributed by atoms with van der Waals surface area (Å²) in [6.07, 6.45) is -3.43. The molecule has 23 heavy (non-hydrogen) atoms. The first-order valence-electron chi connectivity index (χ1n) is 7.47. The molecule has 0 aliphatic carbocycles. The fourth-order valence-corrected chi connectivity index (χ4v) is 2.48. The second kappa shape index (κ2) is 7.68. The summed E-state index contributed by atoms with van der Waals surface area (Å²) in [6.45, 7) is 4.41. The van der Waals surface area contributed by atoms with Crippen LogP contribution in [0, 0.1) is 5.41 Å². The van der Waals surface area contributed by atoms with Crippen molar-refractivity contribution >= 4 is 5.91 Å². The van der Waals surface area contributed by atoms with Crippen molar-refractivity contribution in [3.05, 3.63) is 29.8 Å². The van der Waals surface area contributed by atoms with Gasteiger partial charge < -0.3 is 15.4 Å². The lowest BCUT2D eigenvalue weighted by atomic mass is 9.81. The van der Waals surface area contributed by atoms with Crippen molar-refractivity contribution in [3.63, 3.8) is 0 Å². The number of hydrogen-bond donors (Lipinski definition) is 1. The van der Waals surface area contributed by atoms with E-state index in [2.05, 4.69) is 4.74 Å². The Hall–Kier alpha value is -1.76. The van der Waals surface area contributed by atoms with E-state index in [-0.39, 0.29) is 18.2 Å².